The van der Waals surface area contributed by atoms with Crippen molar-refractivity contribution in [3.05, 3.63) is 0 Å². The molecule has 1 aliphatic heterocycles. The molecule has 0 aromatic heterocycles. The number of nitriles is 1. The van der Waals surface area contributed by atoms with Crippen molar-refractivity contribution in [1.82, 2.24) is 0 Å². The first-order valence-electron chi connectivity index (χ1n) is 8.50. The van der Waals surface area contributed by atoms with Crippen molar-refractivity contribution in [3.8, 4) is 17.9 Å². The summed E-state index contributed by atoms with van der Waals surface area (Å²) in [5.74, 6) is 6.12. The summed E-state index contributed by atoms with van der Waals surface area (Å²) in [6.45, 7) is 12.2. The Morgan fingerprint density at radius 2 is 1.96 bits per heavy atom. The molecule has 0 bridgehead atoms. The smallest absolute Gasteiger partial charge is 0.192 e. The van der Waals surface area contributed by atoms with Crippen molar-refractivity contribution in [3.63, 3.8) is 0 Å². The van der Waals surface area contributed by atoms with Crippen LogP contribution in [0, 0.1) is 23.2 Å². The fourth-order valence-corrected chi connectivity index (χ4v) is 3.42. The summed E-state index contributed by atoms with van der Waals surface area (Å²) in [4.78, 5) is 0. The van der Waals surface area contributed by atoms with Gasteiger partial charge in [0.2, 0.25) is 0 Å². The van der Waals surface area contributed by atoms with Crippen molar-refractivity contribution in [1.29, 1.82) is 5.26 Å². The van der Waals surface area contributed by atoms with Gasteiger partial charge in [-0.15, -0.1) is 0 Å². The normalized spacial score (nSPS) is 20.3. The highest BCUT2D eigenvalue weighted by atomic mass is 28.4. The first-order chi connectivity index (χ1) is 10.8. The molecule has 23 heavy (non-hydrogen) atoms. The molecule has 0 aromatic carbocycles. The molecule has 0 amide bonds. The maximum atomic E-state index is 9.01. The third-order valence-corrected chi connectivity index (χ3v) is 9.06. The SMILES string of the molecule is CC(C)(C)[Si](C)(C)O[C@@H](CC#N)CC#CCOC1CCCCO1. The fraction of sp³-hybridized carbons (Fsp3) is 0.833. The molecule has 2 atom stereocenters. The highest BCUT2D eigenvalue weighted by Gasteiger charge is 2.38. The maximum absolute atomic E-state index is 9.01. The lowest BCUT2D eigenvalue weighted by atomic mass is 10.2. The van der Waals surface area contributed by atoms with Gasteiger partial charge >= 0.3 is 0 Å². The number of hydrogen-bond donors (Lipinski definition) is 0. The summed E-state index contributed by atoms with van der Waals surface area (Å²) in [7, 11) is -1.87. The van der Waals surface area contributed by atoms with Crippen LogP contribution in [-0.2, 0) is 13.9 Å². The first-order valence-corrected chi connectivity index (χ1v) is 11.4. The van der Waals surface area contributed by atoms with Crippen molar-refractivity contribution < 1.29 is 13.9 Å². The van der Waals surface area contributed by atoms with Crippen LogP contribution in [0.2, 0.25) is 18.1 Å². The Hall–Kier alpha value is -0.853. The molecule has 1 aliphatic rings. The Balaban J connectivity index is 2.41. The van der Waals surface area contributed by atoms with Crippen LogP contribution in [0.1, 0.15) is 52.9 Å². The number of ether oxygens (including phenoxy) is 2. The predicted molar refractivity (Wildman–Crippen MR) is 94.2 cm³/mol. The monoisotopic (exact) mass is 337 g/mol. The first kappa shape index (κ1) is 20.2. The van der Waals surface area contributed by atoms with E-state index < -0.39 is 8.32 Å². The van der Waals surface area contributed by atoms with Gasteiger partial charge in [0.25, 0.3) is 0 Å². The molecule has 0 aromatic rings. The summed E-state index contributed by atoms with van der Waals surface area (Å²) in [6.07, 6.45) is 3.97. The standard InChI is InChI=1S/C18H31NO3Si/c1-18(2,3)23(4,5)22-16(12-13-19)10-6-8-14-20-17-11-7-9-15-21-17/h16-17H,7,9-12,14-15H2,1-5H3/t16-,17?/m1/s1. The lowest BCUT2D eigenvalue weighted by molar-refractivity contribution is -0.154. The number of rotatable bonds is 6. The molecule has 1 fully saturated rings. The molecule has 1 heterocycles. The van der Waals surface area contributed by atoms with Crippen LogP contribution < -0.4 is 0 Å². The topological polar surface area (TPSA) is 51.5 Å². The molecule has 1 rings (SSSR count). The van der Waals surface area contributed by atoms with Gasteiger partial charge in [0.1, 0.15) is 6.61 Å². The van der Waals surface area contributed by atoms with E-state index in [1.807, 2.05) is 0 Å². The molecule has 0 radical (unpaired) electrons. The minimum absolute atomic E-state index is 0.101. The Kier molecular flexibility index (Phi) is 8.29. The van der Waals surface area contributed by atoms with Crippen LogP contribution in [0.15, 0.2) is 0 Å². The van der Waals surface area contributed by atoms with Gasteiger partial charge in [-0.1, -0.05) is 32.6 Å². The summed E-state index contributed by atoms with van der Waals surface area (Å²) in [5.41, 5.74) is 0. The van der Waals surface area contributed by atoms with Gasteiger partial charge in [-0.05, 0) is 37.4 Å². The van der Waals surface area contributed by atoms with Crippen LogP contribution in [0.25, 0.3) is 0 Å². The summed E-state index contributed by atoms with van der Waals surface area (Å²) < 4.78 is 17.4. The Bertz CT molecular complexity index is 448. The van der Waals surface area contributed by atoms with Crippen molar-refractivity contribution >= 4 is 8.32 Å². The lowest BCUT2D eigenvalue weighted by Crippen LogP contribution is -2.43. The van der Waals surface area contributed by atoms with E-state index in [0.29, 0.717) is 19.4 Å². The third kappa shape index (κ3) is 7.50. The molecule has 0 saturated carbocycles. The minimum Gasteiger partial charge on any atom is -0.412 e. The van der Waals surface area contributed by atoms with E-state index in [-0.39, 0.29) is 17.4 Å². The Morgan fingerprint density at radius 1 is 1.22 bits per heavy atom. The van der Waals surface area contributed by atoms with E-state index in [9.17, 15) is 0 Å². The van der Waals surface area contributed by atoms with E-state index in [1.54, 1.807) is 0 Å². The zero-order valence-electron chi connectivity index (χ0n) is 15.3. The van der Waals surface area contributed by atoms with Crippen LogP contribution in [0.3, 0.4) is 0 Å². The molecule has 1 unspecified atom stereocenters. The number of hydrogen-bond acceptors (Lipinski definition) is 4. The Morgan fingerprint density at radius 3 is 2.52 bits per heavy atom. The summed E-state index contributed by atoms with van der Waals surface area (Å²) >= 11 is 0. The van der Waals surface area contributed by atoms with E-state index >= 15 is 0 Å². The fourth-order valence-electron chi connectivity index (χ4n) is 2.07. The second-order valence-electron chi connectivity index (χ2n) is 7.53. The zero-order valence-corrected chi connectivity index (χ0v) is 16.3. The van der Waals surface area contributed by atoms with Gasteiger partial charge < -0.3 is 13.9 Å². The average Bonchev–Trinajstić information content (AvgIpc) is 2.46. The largest absolute Gasteiger partial charge is 0.412 e. The van der Waals surface area contributed by atoms with Gasteiger partial charge in [-0.25, -0.2) is 0 Å². The Labute approximate surface area is 142 Å². The van der Waals surface area contributed by atoms with Gasteiger partial charge in [0.15, 0.2) is 14.6 Å². The second-order valence-corrected chi connectivity index (χ2v) is 12.3. The van der Waals surface area contributed by atoms with Crippen LogP contribution in [-0.4, -0.2) is 33.9 Å². The summed E-state index contributed by atoms with van der Waals surface area (Å²) in [5, 5.41) is 9.14. The van der Waals surface area contributed by atoms with Crippen LogP contribution in [0.5, 0.6) is 0 Å². The zero-order chi connectivity index (χ0) is 17.3. The maximum Gasteiger partial charge on any atom is 0.192 e. The van der Waals surface area contributed by atoms with E-state index in [0.717, 1.165) is 25.9 Å². The predicted octanol–water partition coefficient (Wildman–Crippen LogP) is 4.23. The molecule has 5 heteroatoms. The second kappa shape index (κ2) is 9.44. The molecular formula is C18H31NO3Si. The molecule has 0 aliphatic carbocycles. The molecular weight excluding hydrogens is 306 g/mol. The molecule has 4 nitrogen and oxygen atoms in total. The van der Waals surface area contributed by atoms with E-state index in [1.165, 1.54) is 0 Å². The average molecular weight is 338 g/mol. The van der Waals surface area contributed by atoms with E-state index in [4.69, 9.17) is 19.2 Å². The molecule has 0 N–H and O–H groups in total. The van der Waals surface area contributed by atoms with Crippen LogP contribution >= 0.6 is 0 Å². The molecule has 1 saturated heterocycles. The highest BCUT2D eigenvalue weighted by Crippen LogP contribution is 2.37. The van der Waals surface area contributed by atoms with Gasteiger partial charge in [0.05, 0.1) is 18.6 Å². The van der Waals surface area contributed by atoms with Crippen molar-refractivity contribution in [2.24, 2.45) is 0 Å². The van der Waals surface area contributed by atoms with Gasteiger partial charge in [-0.2, -0.15) is 5.26 Å². The van der Waals surface area contributed by atoms with Crippen molar-refractivity contribution in [2.45, 2.75) is 83.4 Å². The molecule has 0 spiro atoms. The summed E-state index contributed by atoms with van der Waals surface area (Å²) in [6, 6.07) is 2.21. The van der Waals surface area contributed by atoms with Gasteiger partial charge in [0, 0.05) is 13.0 Å². The minimum atomic E-state index is -1.87. The van der Waals surface area contributed by atoms with E-state index in [2.05, 4.69) is 51.8 Å². The van der Waals surface area contributed by atoms with Gasteiger partial charge in [-0.3, -0.25) is 0 Å². The highest BCUT2D eigenvalue weighted by molar-refractivity contribution is 6.74. The quantitative estimate of drug-likeness (QED) is 0.538. The van der Waals surface area contributed by atoms with Crippen LogP contribution in [0.4, 0.5) is 0 Å². The third-order valence-electron chi connectivity index (χ3n) is 4.52. The number of nitrogens with zero attached hydrogens (tertiary/aromatic N) is 1. The molecule has 130 valence electrons. The lowest BCUT2D eigenvalue weighted by Gasteiger charge is -2.38. The van der Waals surface area contributed by atoms with Crippen molar-refractivity contribution in [2.75, 3.05) is 13.2 Å².